The topological polar surface area (TPSA) is 61.9 Å². The van der Waals surface area contributed by atoms with Crippen LogP contribution in [0, 0.1) is 5.82 Å². The lowest BCUT2D eigenvalue weighted by atomic mass is 9.96. The Hall–Kier alpha value is -2.86. The monoisotopic (exact) mass is 364 g/mol. The third kappa shape index (κ3) is 4.28. The average Bonchev–Trinajstić information content (AvgIpc) is 2.70. The standard InChI is InChI=1S/C21H21FN4O/c22-18-5-3-15(4-6-18)13-26-11-1-2-17(14-26)21-24-19(12-20(27)25-21)16-7-9-23-10-8-16/h3-10,12,17H,1-2,11,13-14H2,(H,24,25,27)/t17-/m1/s1. The van der Waals surface area contributed by atoms with Gasteiger partial charge in [0, 0.05) is 43.0 Å². The van der Waals surface area contributed by atoms with Gasteiger partial charge >= 0.3 is 0 Å². The minimum atomic E-state index is -0.218. The summed E-state index contributed by atoms with van der Waals surface area (Å²) >= 11 is 0. The predicted molar refractivity (Wildman–Crippen MR) is 102 cm³/mol. The number of hydrogen-bond acceptors (Lipinski definition) is 4. The van der Waals surface area contributed by atoms with E-state index < -0.39 is 0 Å². The SMILES string of the molecule is O=c1cc(-c2ccncc2)nc([C@@H]2CCCN(Cc3ccc(F)cc3)C2)[nH]1. The Bertz CT molecular complexity index is 956. The molecular weight excluding hydrogens is 343 g/mol. The van der Waals surface area contributed by atoms with E-state index in [0.717, 1.165) is 49.4 Å². The fourth-order valence-electron chi connectivity index (χ4n) is 3.61. The zero-order valence-corrected chi connectivity index (χ0v) is 14.9. The Morgan fingerprint density at radius 3 is 2.70 bits per heavy atom. The van der Waals surface area contributed by atoms with Gasteiger partial charge in [0.15, 0.2) is 0 Å². The smallest absolute Gasteiger partial charge is 0.251 e. The second kappa shape index (κ2) is 7.80. The van der Waals surface area contributed by atoms with Gasteiger partial charge in [-0.05, 0) is 49.2 Å². The number of pyridine rings is 1. The van der Waals surface area contributed by atoms with E-state index in [4.69, 9.17) is 4.98 Å². The summed E-state index contributed by atoms with van der Waals surface area (Å²) in [6.45, 7) is 2.58. The molecule has 0 spiro atoms. The first-order valence-electron chi connectivity index (χ1n) is 9.16. The highest BCUT2D eigenvalue weighted by atomic mass is 19.1. The number of likely N-dealkylation sites (tertiary alicyclic amines) is 1. The van der Waals surface area contributed by atoms with Crippen LogP contribution in [0.15, 0.2) is 59.7 Å². The van der Waals surface area contributed by atoms with Crippen LogP contribution in [-0.4, -0.2) is 32.9 Å². The normalized spacial score (nSPS) is 17.7. The molecule has 1 aliphatic rings. The maximum Gasteiger partial charge on any atom is 0.251 e. The van der Waals surface area contributed by atoms with Crippen molar-refractivity contribution in [1.29, 1.82) is 0 Å². The molecule has 1 N–H and O–H groups in total. The van der Waals surface area contributed by atoms with Gasteiger partial charge in [-0.15, -0.1) is 0 Å². The number of nitrogens with zero attached hydrogens (tertiary/aromatic N) is 3. The molecule has 4 rings (SSSR count). The Labute approximate surface area is 156 Å². The zero-order valence-electron chi connectivity index (χ0n) is 14.9. The molecule has 0 aliphatic carbocycles. The van der Waals surface area contributed by atoms with Crippen molar-refractivity contribution in [2.75, 3.05) is 13.1 Å². The van der Waals surface area contributed by atoms with Gasteiger partial charge in [0.1, 0.15) is 11.6 Å². The second-order valence-corrected chi connectivity index (χ2v) is 6.95. The molecule has 1 aliphatic heterocycles. The molecule has 3 heterocycles. The first kappa shape index (κ1) is 17.5. The van der Waals surface area contributed by atoms with Gasteiger partial charge in [-0.2, -0.15) is 0 Å². The van der Waals surface area contributed by atoms with E-state index in [9.17, 15) is 9.18 Å². The van der Waals surface area contributed by atoms with Crippen LogP contribution < -0.4 is 5.56 Å². The van der Waals surface area contributed by atoms with Gasteiger partial charge in [0.25, 0.3) is 5.56 Å². The molecule has 1 atom stereocenters. The number of rotatable bonds is 4. The number of benzene rings is 1. The molecule has 5 nitrogen and oxygen atoms in total. The molecule has 1 aromatic carbocycles. The minimum absolute atomic E-state index is 0.137. The molecule has 0 bridgehead atoms. The highest BCUT2D eigenvalue weighted by Crippen LogP contribution is 2.26. The van der Waals surface area contributed by atoms with E-state index in [1.165, 1.54) is 18.2 Å². The third-order valence-electron chi connectivity index (χ3n) is 4.95. The number of halogens is 1. The molecule has 0 amide bonds. The van der Waals surface area contributed by atoms with Crippen LogP contribution in [0.3, 0.4) is 0 Å². The number of H-pyrrole nitrogens is 1. The number of hydrogen-bond donors (Lipinski definition) is 1. The van der Waals surface area contributed by atoms with Crippen molar-refractivity contribution in [2.45, 2.75) is 25.3 Å². The minimum Gasteiger partial charge on any atom is -0.310 e. The van der Waals surface area contributed by atoms with Gasteiger partial charge in [0.2, 0.25) is 0 Å². The van der Waals surface area contributed by atoms with Gasteiger partial charge in [-0.3, -0.25) is 14.7 Å². The molecule has 3 aromatic rings. The Kier molecular flexibility index (Phi) is 5.07. The van der Waals surface area contributed by atoms with Crippen molar-refractivity contribution in [3.63, 3.8) is 0 Å². The summed E-state index contributed by atoms with van der Waals surface area (Å²) in [6, 6.07) is 11.9. The van der Waals surface area contributed by atoms with Crippen LogP contribution in [0.1, 0.15) is 30.1 Å². The third-order valence-corrected chi connectivity index (χ3v) is 4.95. The lowest BCUT2D eigenvalue weighted by Gasteiger charge is -2.32. The van der Waals surface area contributed by atoms with Crippen LogP contribution >= 0.6 is 0 Å². The largest absolute Gasteiger partial charge is 0.310 e. The summed E-state index contributed by atoms with van der Waals surface area (Å²) < 4.78 is 13.1. The molecule has 1 saturated heterocycles. The highest BCUT2D eigenvalue weighted by Gasteiger charge is 2.23. The maximum absolute atomic E-state index is 13.1. The molecule has 0 radical (unpaired) electrons. The summed E-state index contributed by atoms with van der Waals surface area (Å²) in [5, 5.41) is 0. The maximum atomic E-state index is 13.1. The van der Waals surface area contributed by atoms with E-state index in [1.54, 1.807) is 12.4 Å². The first-order valence-corrected chi connectivity index (χ1v) is 9.16. The molecular formula is C21H21FN4O. The predicted octanol–water partition coefficient (Wildman–Crippen LogP) is 3.35. The molecule has 27 heavy (non-hydrogen) atoms. The van der Waals surface area contributed by atoms with Gasteiger partial charge < -0.3 is 4.98 Å². The second-order valence-electron chi connectivity index (χ2n) is 6.95. The first-order chi connectivity index (χ1) is 13.2. The van der Waals surface area contributed by atoms with E-state index in [0.29, 0.717) is 5.69 Å². The Balaban J connectivity index is 1.53. The Morgan fingerprint density at radius 2 is 1.93 bits per heavy atom. The molecule has 0 saturated carbocycles. The Morgan fingerprint density at radius 1 is 1.15 bits per heavy atom. The van der Waals surface area contributed by atoms with Crippen molar-refractivity contribution in [3.05, 3.63) is 82.4 Å². The summed E-state index contributed by atoms with van der Waals surface area (Å²) in [5.41, 5.74) is 2.51. The fourth-order valence-corrected chi connectivity index (χ4v) is 3.61. The lowest BCUT2D eigenvalue weighted by molar-refractivity contribution is 0.196. The van der Waals surface area contributed by atoms with Crippen LogP contribution in [0.2, 0.25) is 0 Å². The van der Waals surface area contributed by atoms with E-state index in [1.807, 2.05) is 24.3 Å². The molecule has 6 heteroatoms. The van der Waals surface area contributed by atoms with Crippen LogP contribution in [0.4, 0.5) is 4.39 Å². The summed E-state index contributed by atoms with van der Waals surface area (Å²) in [6.07, 6.45) is 5.42. The zero-order chi connectivity index (χ0) is 18.6. The van der Waals surface area contributed by atoms with E-state index in [2.05, 4.69) is 14.9 Å². The van der Waals surface area contributed by atoms with E-state index in [-0.39, 0.29) is 17.3 Å². The van der Waals surface area contributed by atoms with Crippen molar-refractivity contribution >= 4 is 0 Å². The molecule has 0 unspecified atom stereocenters. The average molecular weight is 364 g/mol. The van der Waals surface area contributed by atoms with Crippen molar-refractivity contribution in [2.24, 2.45) is 0 Å². The van der Waals surface area contributed by atoms with Crippen molar-refractivity contribution < 1.29 is 4.39 Å². The van der Waals surface area contributed by atoms with Gasteiger partial charge in [0.05, 0.1) is 5.69 Å². The number of piperidine rings is 1. The van der Waals surface area contributed by atoms with Crippen LogP contribution in [0.5, 0.6) is 0 Å². The quantitative estimate of drug-likeness (QED) is 0.771. The number of aromatic nitrogens is 3. The molecule has 2 aromatic heterocycles. The highest BCUT2D eigenvalue weighted by molar-refractivity contribution is 5.57. The summed E-state index contributed by atoms with van der Waals surface area (Å²) in [5.74, 6) is 0.691. The van der Waals surface area contributed by atoms with Crippen LogP contribution in [-0.2, 0) is 6.54 Å². The van der Waals surface area contributed by atoms with Crippen molar-refractivity contribution in [3.8, 4) is 11.3 Å². The van der Waals surface area contributed by atoms with Gasteiger partial charge in [-0.25, -0.2) is 9.37 Å². The number of aromatic amines is 1. The lowest BCUT2D eigenvalue weighted by Crippen LogP contribution is -2.35. The van der Waals surface area contributed by atoms with Crippen molar-refractivity contribution in [1.82, 2.24) is 19.9 Å². The van der Waals surface area contributed by atoms with Gasteiger partial charge in [-0.1, -0.05) is 12.1 Å². The van der Waals surface area contributed by atoms with Crippen LogP contribution in [0.25, 0.3) is 11.3 Å². The van der Waals surface area contributed by atoms with E-state index >= 15 is 0 Å². The fraction of sp³-hybridized carbons (Fsp3) is 0.286. The number of nitrogens with one attached hydrogen (secondary N) is 1. The molecule has 138 valence electrons. The summed E-state index contributed by atoms with van der Waals surface area (Å²) in [4.78, 5) is 26.2. The summed E-state index contributed by atoms with van der Waals surface area (Å²) in [7, 11) is 0. The molecule has 1 fully saturated rings.